The van der Waals surface area contributed by atoms with Gasteiger partial charge in [-0.3, -0.25) is 14.4 Å². The van der Waals surface area contributed by atoms with E-state index in [0.29, 0.717) is 11.1 Å². The van der Waals surface area contributed by atoms with Gasteiger partial charge in [0.25, 0.3) is 5.56 Å². The van der Waals surface area contributed by atoms with Gasteiger partial charge in [-0.05, 0) is 35.6 Å². The Morgan fingerprint density at radius 2 is 1.31 bits per heavy atom. The number of nitrogens with one attached hydrogen (secondary N) is 3. The molecule has 0 spiro atoms. The number of H-pyrrole nitrogens is 1. The second-order valence-corrected chi connectivity index (χ2v) is 10.6. The zero-order chi connectivity index (χ0) is 30.2. The number of aliphatic carboxylic acids is 1. The number of hydrogen-bond donors (Lipinski definition) is 4. The Balaban J connectivity index is 1.73. The fourth-order valence-electron chi connectivity index (χ4n) is 4.89. The SMILES string of the molecule is CC(C)CC(NC(=O)C(Cc1ccccc1)NC(=O)C(Cc1ccccc1)n1c(=O)[nH]c2ccccc2c1=O)C(=O)O. The average Bonchev–Trinajstić information content (AvgIpc) is 2.96. The molecule has 10 heteroatoms. The molecule has 0 saturated heterocycles. The first-order valence-electron chi connectivity index (χ1n) is 13.8. The number of nitrogens with zero attached hydrogens (tertiary/aromatic N) is 1. The molecule has 0 aliphatic heterocycles. The van der Waals surface area contributed by atoms with Crippen molar-refractivity contribution in [1.29, 1.82) is 0 Å². The van der Waals surface area contributed by atoms with E-state index < -0.39 is 47.2 Å². The van der Waals surface area contributed by atoms with Gasteiger partial charge in [0, 0.05) is 12.8 Å². The van der Waals surface area contributed by atoms with Crippen molar-refractivity contribution < 1.29 is 19.5 Å². The number of carboxylic acid groups (broad SMARTS) is 1. The van der Waals surface area contributed by atoms with E-state index in [1.807, 2.05) is 26.0 Å². The van der Waals surface area contributed by atoms with Gasteiger partial charge in [0.15, 0.2) is 0 Å². The highest BCUT2D eigenvalue weighted by atomic mass is 16.4. The third-order valence-electron chi connectivity index (χ3n) is 6.96. The van der Waals surface area contributed by atoms with Crippen LogP contribution in [0.4, 0.5) is 0 Å². The van der Waals surface area contributed by atoms with Gasteiger partial charge in [0.1, 0.15) is 18.1 Å². The van der Waals surface area contributed by atoms with Crippen LogP contribution in [-0.4, -0.2) is 44.5 Å². The number of benzene rings is 3. The number of aromatic amines is 1. The Morgan fingerprint density at radius 1 is 0.762 bits per heavy atom. The molecule has 3 atom stereocenters. The van der Waals surface area contributed by atoms with Crippen LogP contribution in [0.25, 0.3) is 10.9 Å². The molecule has 10 nitrogen and oxygen atoms in total. The maximum absolute atomic E-state index is 14.0. The standard InChI is InChI=1S/C32H34N4O6/c1-20(2)17-26(31(40)41)34-28(37)25(18-21-11-5-3-6-12-21)33-29(38)27(19-22-13-7-4-8-14-22)36-30(39)23-15-9-10-16-24(23)35-32(36)42/h3-16,20,25-27H,17-19H2,1-2H3,(H,33,38)(H,34,37)(H,35,42)(H,40,41). The quantitative estimate of drug-likeness (QED) is 0.206. The number of amides is 2. The number of carboxylic acids is 1. The average molecular weight is 571 g/mol. The minimum Gasteiger partial charge on any atom is -0.480 e. The molecule has 4 N–H and O–H groups in total. The Bertz CT molecular complexity index is 1660. The van der Waals surface area contributed by atoms with E-state index in [9.17, 15) is 29.1 Å². The topological polar surface area (TPSA) is 150 Å². The third-order valence-corrected chi connectivity index (χ3v) is 6.96. The maximum Gasteiger partial charge on any atom is 0.329 e. The normalized spacial score (nSPS) is 13.3. The first-order chi connectivity index (χ1) is 20.1. The summed E-state index contributed by atoms with van der Waals surface area (Å²) >= 11 is 0. The summed E-state index contributed by atoms with van der Waals surface area (Å²) in [6, 6.07) is 20.8. The molecule has 0 bridgehead atoms. The number of rotatable bonds is 12. The van der Waals surface area contributed by atoms with Crippen molar-refractivity contribution in [3.05, 3.63) is 117 Å². The Hall–Kier alpha value is -4.99. The summed E-state index contributed by atoms with van der Waals surface area (Å²) in [5.74, 6) is -2.60. The monoisotopic (exact) mass is 570 g/mol. The molecule has 4 rings (SSSR count). The van der Waals surface area contributed by atoms with Crippen LogP contribution >= 0.6 is 0 Å². The first-order valence-corrected chi connectivity index (χ1v) is 13.8. The summed E-state index contributed by atoms with van der Waals surface area (Å²) in [6.07, 6.45) is 0.262. The van der Waals surface area contributed by atoms with Gasteiger partial charge in [-0.2, -0.15) is 0 Å². The maximum atomic E-state index is 14.0. The van der Waals surface area contributed by atoms with Crippen molar-refractivity contribution in [3.8, 4) is 0 Å². The summed E-state index contributed by atoms with van der Waals surface area (Å²) in [5.41, 5.74) is 0.367. The van der Waals surface area contributed by atoms with Crippen LogP contribution in [0.5, 0.6) is 0 Å². The summed E-state index contributed by atoms with van der Waals surface area (Å²) in [6.45, 7) is 3.69. The molecule has 3 unspecified atom stereocenters. The van der Waals surface area contributed by atoms with Gasteiger partial charge in [-0.25, -0.2) is 14.2 Å². The first kappa shape index (κ1) is 30.0. The highest BCUT2D eigenvalue weighted by molar-refractivity contribution is 5.92. The summed E-state index contributed by atoms with van der Waals surface area (Å²) in [7, 11) is 0. The van der Waals surface area contributed by atoms with Crippen LogP contribution in [0.3, 0.4) is 0 Å². The predicted octanol–water partition coefficient (Wildman–Crippen LogP) is 2.82. The van der Waals surface area contributed by atoms with Crippen molar-refractivity contribution in [2.24, 2.45) is 5.92 Å². The molecule has 4 aromatic rings. The number of carbonyl (C=O) groups excluding carboxylic acids is 2. The van der Waals surface area contributed by atoms with Crippen molar-refractivity contribution >= 4 is 28.7 Å². The minimum absolute atomic E-state index is 0.00121. The molecule has 218 valence electrons. The smallest absolute Gasteiger partial charge is 0.329 e. The fourth-order valence-corrected chi connectivity index (χ4v) is 4.89. The van der Waals surface area contributed by atoms with Crippen molar-refractivity contribution in [1.82, 2.24) is 20.2 Å². The summed E-state index contributed by atoms with van der Waals surface area (Å²) in [5, 5.41) is 15.2. The summed E-state index contributed by atoms with van der Waals surface area (Å²) < 4.78 is 0.876. The molecule has 0 aliphatic rings. The van der Waals surface area contributed by atoms with Crippen molar-refractivity contribution in [3.63, 3.8) is 0 Å². The fraction of sp³-hybridized carbons (Fsp3) is 0.281. The van der Waals surface area contributed by atoms with Gasteiger partial charge in [0.2, 0.25) is 11.8 Å². The van der Waals surface area contributed by atoms with Crippen LogP contribution in [0.15, 0.2) is 94.5 Å². The number of para-hydroxylation sites is 1. The van der Waals surface area contributed by atoms with Crippen molar-refractivity contribution in [2.75, 3.05) is 0 Å². The number of hydrogen-bond acceptors (Lipinski definition) is 5. The lowest BCUT2D eigenvalue weighted by atomic mass is 10.0. The van der Waals surface area contributed by atoms with E-state index in [1.165, 1.54) is 0 Å². The minimum atomic E-state index is -1.30. The predicted molar refractivity (Wildman–Crippen MR) is 159 cm³/mol. The molecule has 3 aromatic carbocycles. The Kier molecular flexibility index (Phi) is 9.69. The van der Waals surface area contributed by atoms with E-state index in [2.05, 4.69) is 15.6 Å². The van der Waals surface area contributed by atoms with Crippen LogP contribution in [0, 0.1) is 5.92 Å². The molecule has 1 aromatic heterocycles. The molecule has 0 radical (unpaired) electrons. The molecular formula is C32H34N4O6. The number of aromatic nitrogens is 2. The second-order valence-electron chi connectivity index (χ2n) is 10.6. The van der Waals surface area contributed by atoms with Crippen LogP contribution in [0.2, 0.25) is 0 Å². The van der Waals surface area contributed by atoms with E-state index in [4.69, 9.17) is 0 Å². The van der Waals surface area contributed by atoms with Crippen LogP contribution in [0.1, 0.15) is 37.4 Å². The zero-order valence-corrected chi connectivity index (χ0v) is 23.4. The lowest BCUT2D eigenvalue weighted by molar-refractivity contribution is -0.142. The van der Waals surface area contributed by atoms with Gasteiger partial charge < -0.3 is 20.7 Å². The molecule has 1 heterocycles. The zero-order valence-electron chi connectivity index (χ0n) is 23.4. The highest BCUT2D eigenvalue weighted by Crippen LogP contribution is 2.15. The Labute approximate surface area is 242 Å². The molecule has 42 heavy (non-hydrogen) atoms. The lowest BCUT2D eigenvalue weighted by Crippen LogP contribution is -2.55. The number of carbonyl (C=O) groups is 3. The van der Waals surface area contributed by atoms with E-state index in [-0.39, 0.29) is 30.6 Å². The second kappa shape index (κ2) is 13.6. The Morgan fingerprint density at radius 3 is 1.90 bits per heavy atom. The molecule has 0 fully saturated rings. The van der Waals surface area contributed by atoms with E-state index in [0.717, 1.165) is 10.1 Å². The largest absolute Gasteiger partial charge is 0.480 e. The molecule has 2 amide bonds. The van der Waals surface area contributed by atoms with Gasteiger partial charge in [0.05, 0.1) is 10.9 Å². The molecular weight excluding hydrogens is 536 g/mol. The van der Waals surface area contributed by atoms with Gasteiger partial charge >= 0.3 is 11.7 Å². The van der Waals surface area contributed by atoms with E-state index >= 15 is 0 Å². The highest BCUT2D eigenvalue weighted by Gasteiger charge is 2.31. The summed E-state index contributed by atoms with van der Waals surface area (Å²) in [4.78, 5) is 68.7. The molecule has 0 saturated carbocycles. The molecule has 0 aliphatic carbocycles. The lowest BCUT2D eigenvalue weighted by Gasteiger charge is -2.25. The van der Waals surface area contributed by atoms with Crippen molar-refractivity contribution in [2.45, 2.75) is 51.2 Å². The van der Waals surface area contributed by atoms with Crippen LogP contribution < -0.4 is 21.9 Å². The van der Waals surface area contributed by atoms with Gasteiger partial charge in [-0.15, -0.1) is 0 Å². The van der Waals surface area contributed by atoms with Crippen LogP contribution in [-0.2, 0) is 27.2 Å². The van der Waals surface area contributed by atoms with E-state index in [1.54, 1.807) is 72.8 Å². The van der Waals surface area contributed by atoms with Gasteiger partial charge in [-0.1, -0.05) is 86.6 Å². The number of fused-ring (bicyclic) bond motifs is 1. The third kappa shape index (κ3) is 7.39.